The number of furan rings is 2. The standard InChI is InChI=1S/C90H48N6O2S4/c1-2-13-50(14-3-1)85-91-87(94-88(92-85)56-32-38-63-69-43-53(34-40-75(69)101-80(63)47-56)58-18-10-20-65-60-15-4-7-23-72(60)97-83(58)65)55-36-42-77-71(45-55)62-37-31-52(46-79(62)100-77)49-27-29-51(30-28-49)86-93-89(96-90(95-86)68-22-12-26-78-82(68)67-17-6-9-25-74(67)99-78)57-33-39-64-70-44-54(35-41-76(70)102-81(64)48-57)59-19-11-21-66-61-16-5-8-24-73(61)98-84(59)66/h1-48H. The second-order valence-electron chi connectivity index (χ2n) is 26.0. The van der Waals surface area contributed by atoms with E-state index >= 15 is 0 Å². The highest BCUT2D eigenvalue weighted by Crippen LogP contribution is 2.47. The largest absolute Gasteiger partial charge is 0.455 e. The molecular formula is C90H48N6O2S4. The van der Waals surface area contributed by atoms with Gasteiger partial charge in [0, 0.05) is 147 Å². The first-order chi connectivity index (χ1) is 50.4. The quantitative estimate of drug-likeness (QED) is 0.141. The molecule has 8 heterocycles. The molecule has 102 heavy (non-hydrogen) atoms. The first-order valence-electron chi connectivity index (χ1n) is 33.8. The minimum absolute atomic E-state index is 0.608. The highest BCUT2D eigenvalue weighted by molar-refractivity contribution is 7.27. The molecule has 0 radical (unpaired) electrons. The third kappa shape index (κ3) is 9.24. The van der Waals surface area contributed by atoms with E-state index in [2.05, 4.69) is 249 Å². The van der Waals surface area contributed by atoms with Crippen LogP contribution in [0.1, 0.15) is 0 Å². The smallest absolute Gasteiger partial charge is 0.164 e. The fourth-order valence-corrected chi connectivity index (χ4v) is 19.6. The lowest BCUT2D eigenvalue weighted by Crippen LogP contribution is -2.00. The molecule has 0 aliphatic rings. The van der Waals surface area contributed by atoms with E-state index in [4.69, 9.17) is 38.7 Å². The Balaban J connectivity index is 0.594. The zero-order chi connectivity index (χ0) is 66.7. The van der Waals surface area contributed by atoms with Gasteiger partial charge in [-0.25, -0.2) is 29.9 Å². The molecule has 12 heteroatoms. The number of rotatable bonds is 9. The molecule has 0 aliphatic heterocycles. The zero-order valence-electron chi connectivity index (χ0n) is 53.8. The van der Waals surface area contributed by atoms with E-state index < -0.39 is 0 Å². The first kappa shape index (κ1) is 57.5. The normalized spacial score (nSPS) is 12.1. The maximum absolute atomic E-state index is 6.50. The van der Waals surface area contributed by atoms with E-state index in [0.29, 0.717) is 34.9 Å². The predicted molar refractivity (Wildman–Crippen MR) is 428 cm³/mol. The van der Waals surface area contributed by atoms with Crippen LogP contribution in [-0.2, 0) is 0 Å². The van der Waals surface area contributed by atoms with Crippen molar-refractivity contribution in [3.8, 4) is 102 Å². The topological polar surface area (TPSA) is 104 Å². The summed E-state index contributed by atoms with van der Waals surface area (Å²) in [6.45, 7) is 0. The van der Waals surface area contributed by atoms with Crippen molar-refractivity contribution in [2.24, 2.45) is 0 Å². The van der Waals surface area contributed by atoms with Gasteiger partial charge in [-0.3, -0.25) is 0 Å². The number of benzene rings is 14. The number of thiophene rings is 4. The van der Waals surface area contributed by atoms with Gasteiger partial charge in [0.2, 0.25) is 0 Å². The van der Waals surface area contributed by atoms with E-state index in [0.717, 1.165) is 131 Å². The van der Waals surface area contributed by atoms with Gasteiger partial charge in [-0.15, -0.1) is 45.3 Å². The Morgan fingerprint density at radius 2 is 0.539 bits per heavy atom. The number of hydrogen-bond acceptors (Lipinski definition) is 12. The van der Waals surface area contributed by atoms with E-state index in [1.165, 1.54) is 60.5 Å². The molecule has 0 saturated carbocycles. The minimum Gasteiger partial charge on any atom is -0.455 e. The highest BCUT2D eigenvalue weighted by Gasteiger charge is 2.22. The van der Waals surface area contributed by atoms with Gasteiger partial charge in [-0.2, -0.15) is 0 Å². The minimum atomic E-state index is 0.608. The summed E-state index contributed by atoms with van der Waals surface area (Å²) >= 11 is 7.16. The lowest BCUT2D eigenvalue weighted by molar-refractivity contribution is 0.669. The summed E-state index contributed by atoms with van der Waals surface area (Å²) < 4.78 is 22.5. The van der Waals surface area contributed by atoms with Crippen LogP contribution in [0.25, 0.3) is 226 Å². The molecule has 0 unspecified atom stereocenters. The summed E-state index contributed by atoms with van der Waals surface area (Å²) in [6, 6.07) is 103. The van der Waals surface area contributed by atoms with Crippen LogP contribution in [0.2, 0.25) is 0 Å². The van der Waals surface area contributed by atoms with Crippen LogP contribution < -0.4 is 0 Å². The van der Waals surface area contributed by atoms with Crippen molar-refractivity contribution >= 4 is 170 Å². The average molecular weight is 1370 g/mol. The van der Waals surface area contributed by atoms with Crippen molar-refractivity contribution in [2.45, 2.75) is 0 Å². The molecular weight excluding hydrogens is 1330 g/mol. The van der Waals surface area contributed by atoms with Gasteiger partial charge >= 0.3 is 0 Å². The first-order valence-corrected chi connectivity index (χ1v) is 37.0. The molecule has 474 valence electrons. The second kappa shape index (κ2) is 22.5. The number of aromatic nitrogens is 6. The van der Waals surface area contributed by atoms with Gasteiger partial charge < -0.3 is 8.83 Å². The molecule has 0 fully saturated rings. The third-order valence-electron chi connectivity index (χ3n) is 20.0. The highest BCUT2D eigenvalue weighted by atomic mass is 32.1. The zero-order valence-corrected chi connectivity index (χ0v) is 57.1. The van der Waals surface area contributed by atoms with Gasteiger partial charge in [0.25, 0.3) is 0 Å². The van der Waals surface area contributed by atoms with Crippen molar-refractivity contribution in [3.63, 3.8) is 0 Å². The monoisotopic (exact) mass is 1370 g/mol. The second-order valence-corrected chi connectivity index (χ2v) is 30.3. The molecule has 0 N–H and O–H groups in total. The molecule has 22 rings (SSSR count). The van der Waals surface area contributed by atoms with Gasteiger partial charge in [0.15, 0.2) is 34.9 Å². The fraction of sp³-hybridized carbons (Fsp3) is 0. The number of para-hydroxylation sites is 4. The molecule has 8 aromatic heterocycles. The summed E-state index contributed by atoms with van der Waals surface area (Å²) in [5.41, 5.74) is 15.8. The Morgan fingerprint density at radius 3 is 1.10 bits per heavy atom. The van der Waals surface area contributed by atoms with Gasteiger partial charge in [-0.1, -0.05) is 206 Å². The van der Waals surface area contributed by atoms with Crippen LogP contribution in [0.15, 0.2) is 300 Å². The molecule has 8 nitrogen and oxygen atoms in total. The molecule has 14 aromatic carbocycles. The van der Waals surface area contributed by atoms with E-state index in [1.807, 2.05) is 42.5 Å². The summed E-state index contributed by atoms with van der Waals surface area (Å²) in [5, 5.41) is 13.9. The molecule has 0 saturated heterocycles. The van der Waals surface area contributed by atoms with Crippen molar-refractivity contribution < 1.29 is 8.83 Å². The number of nitrogens with zero attached hydrogens (tertiary/aromatic N) is 6. The Morgan fingerprint density at radius 1 is 0.186 bits per heavy atom. The SMILES string of the molecule is c1ccc(-c2nc(-c3ccc4c(c3)sc3ccc(-c5cccc6c5oc5ccccc56)cc34)nc(-c3ccc4sc5cc(-c6ccc(-c7nc(-c8ccc9c(c8)sc8ccc(-c%10cccc%11c%10oc%10ccccc%10%11)cc89)nc(-c8cccc9sc%10ccccc%10c89)n7)cc6)ccc5c4c3)n2)cc1. The van der Waals surface area contributed by atoms with Gasteiger partial charge in [-0.05, 0) is 107 Å². The predicted octanol–water partition coefficient (Wildman–Crippen LogP) is 26.3. The Bertz CT molecular complexity index is 7280. The van der Waals surface area contributed by atoms with Gasteiger partial charge in [0.05, 0.1) is 0 Å². The lowest BCUT2D eigenvalue weighted by atomic mass is 10.00. The maximum atomic E-state index is 6.50. The molecule has 0 amide bonds. The molecule has 0 spiro atoms. The van der Waals surface area contributed by atoms with Crippen LogP contribution in [0, 0.1) is 0 Å². The van der Waals surface area contributed by atoms with Gasteiger partial charge in [0.1, 0.15) is 22.3 Å². The number of fused-ring (bicyclic) bond motifs is 18. The summed E-state index contributed by atoms with van der Waals surface area (Å²) in [6.07, 6.45) is 0. The molecule has 22 aromatic rings. The summed E-state index contributed by atoms with van der Waals surface area (Å²) in [4.78, 5) is 31.7. The van der Waals surface area contributed by atoms with Crippen LogP contribution >= 0.6 is 45.3 Å². The van der Waals surface area contributed by atoms with E-state index in [-0.39, 0.29) is 0 Å². The fourth-order valence-electron chi connectivity index (χ4n) is 15.1. The summed E-state index contributed by atoms with van der Waals surface area (Å²) in [7, 11) is 0. The van der Waals surface area contributed by atoms with Crippen molar-refractivity contribution in [2.75, 3.05) is 0 Å². The Labute approximate surface area is 597 Å². The molecule has 0 bridgehead atoms. The van der Waals surface area contributed by atoms with Crippen LogP contribution in [0.5, 0.6) is 0 Å². The third-order valence-corrected chi connectivity index (χ3v) is 24.6. The van der Waals surface area contributed by atoms with Crippen LogP contribution in [0.4, 0.5) is 0 Å². The average Bonchev–Trinajstić information content (AvgIpc) is 1.59. The Kier molecular flexibility index (Phi) is 12.7. The lowest BCUT2D eigenvalue weighted by Gasteiger charge is -2.10. The maximum Gasteiger partial charge on any atom is 0.164 e. The van der Waals surface area contributed by atoms with Crippen molar-refractivity contribution in [3.05, 3.63) is 291 Å². The van der Waals surface area contributed by atoms with Crippen molar-refractivity contribution in [1.82, 2.24) is 29.9 Å². The number of hydrogen-bond donors (Lipinski definition) is 0. The van der Waals surface area contributed by atoms with E-state index in [9.17, 15) is 0 Å². The molecule has 0 atom stereocenters. The molecule has 0 aliphatic carbocycles. The van der Waals surface area contributed by atoms with E-state index in [1.54, 1.807) is 45.3 Å². The van der Waals surface area contributed by atoms with Crippen molar-refractivity contribution in [1.29, 1.82) is 0 Å². The summed E-state index contributed by atoms with van der Waals surface area (Å²) in [5.74, 6) is 3.73. The van der Waals surface area contributed by atoms with Crippen LogP contribution in [0.3, 0.4) is 0 Å². The van der Waals surface area contributed by atoms with Crippen LogP contribution in [-0.4, -0.2) is 29.9 Å². The Hall–Kier alpha value is -12.4.